The average molecular weight is 393 g/mol. The van der Waals surface area contributed by atoms with Gasteiger partial charge in [0.2, 0.25) is 5.95 Å². The Morgan fingerprint density at radius 3 is 2.79 bits per heavy atom. The van der Waals surface area contributed by atoms with Gasteiger partial charge >= 0.3 is 5.97 Å². The first-order valence-electron chi connectivity index (χ1n) is 10.4. The van der Waals surface area contributed by atoms with Gasteiger partial charge in [-0.25, -0.2) is 9.78 Å². The third kappa shape index (κ3) is 4.95. The van der Waals surface area contributed by atoms with Crippen molar-refractivity contribution in [3.63, 3.8) is 0 Å². The number of carbonyl (C=O) groups is 1. The van der Waals surface area contributed by atoms with Crippen LogP contribution in [0.2, 0.25) is 0 Å². The molecule has 0 radical (unpaired) electrons. The number of piperidine rings is 1. The van der Waals surface area contributed by atoms with E-state index in [0.29, 0.717) is 24.6 Å². The number of likely N-dealkylation sites (tertiary alicyclic amines) is 1. The number of carbonyl (C=O) groups excluding carboxylic acids is 1. The van der Waals surface area contributed by atoms with Crippen molar-refractivity contribution >= 4 is 18.0 Å². The van der Waals surface area contributed by atoms with Crippen molar-refractivity contribution in [2.75, 3.05) is 25.0 Å². The van der Waals surface area contributed by atoms with Crippen LogP contribution in [0.5, 0.6) is 0 Å². The molecule has 1 fully saturated rings. The molecular formula is C23H28N4O2. The highest BCUT2D eigenvalue weighted by Crippen LogP contribution is 2.21. The molecule has 0 spiro atoms. The smallest absolute Gasteiger partial charge is 0.337 e. The molecule has 1 aromatic heterocycles. The summed E-state index contributed by atoms with van der Waals surface area (Å²) in [6.07, 6.45) is 8.40. The van der Waals surface area contributed by atoms with E-state index < -0.39 is 0 Å². The largest absolute Gasteiger partial charge is 0.462 e. The van der Waals surface area contributed by atoms with Crippen LogP contribution >= 0.6 is 0 Å². The Labute approximate surface area is 171 Å². The molecule has 0 unspecified atom stereocenters. The molecule has 6 nitrogen and oxygen atoms in total. The summed E-state index contributed by atoms with van der Waals surface area (Å²) in [4.78, 5) is 22.5. The number of benzene rings is 1. The second kappa shape index (κ2) is 9.09. The molecule has 1 aromatic carbocycles. The molecule has 2 N–H and O–H groups in total. The molecule has 29 heavy (non-hydrogen) atoms. The van der Waals surface area contributed by atoms with Crippen molar-refractivity contribution in [1.29, 1.82) is 0 Å². The fourth-order valence-electron chi connectivity index (χ4n) is 3.87. The van der Waals surface area contributed by atoms with Gasteiger partial charge in [0.05, 0.1) is 17.9 Å². The number of allylic oxidation sites excluding steroid dienone is 1. The van der Waals surface area contributed by atoms with E-state index in [4.69, 9.17) is 4.74 Å². The number of hydrogen-bond donors (Lipinski definition) is 2. The second-order valence-electron chi connectivity index (χ2n) is 7.55. The summed E-state index contributed by atoms with van der Waals surface area (Å²) >= 11 is 0. The molecule has 0 saturated carbocycles. The number of H-pyrrole nitrogens is 1. The van der Waals surface area contributed by atoms with E-state index in [1.807, 2.05) is 19.1 Å². The minimum absolute atomic E-state index is 0.283. The zero-order chi connectivity index (χ0) is 20.1. The van der Waals surface area contributed by atoms with Crippen LogP contribution in [-0.2, 0) is 22.5 Å². The number of aromatic amines is 1. The van der Waals surface area contributed by atoms with Crippen LogP contribution in [0.1, 0.15) is 36.7 Å². The van der Waals surface area contributed by atoms with Gasteiger partial charge in [0.1, 0.15) is 0 Å². The van der Waals surface area contributed by atoms with Gasteiger partial charge in [0, 0.05) is 37.8 Å². The highest BCUT2D eigenvalue weighted by Gasteiger charge is 2.21. The predicted molar refractivity (Wildman–Crippen MR) is 114 cm³/mol. The number of rotatable bonds is 6. The minimum atomic E-state index is -0.283. The molecule has 2 aromatic rings. The summed E-state index contributed by atoms with van der Waals surface area (Å²) in [6.45, 7) is 5.37. The van der Waals surface area contributed by atoms with E-state index in [1.165, 1.54) is 5.56 Å². The number of nitrogens with zero attached hydrogens (tertiary/aromatic N) is 2. The number of fused-ring (bicyclic) bond motifs is 1. The maximum Gasteiger partial charge on any atom is 0.337 e. The molecule has 2 aliphatic rings. The lowest BCUT2D eigenvalue weighted by Gasteiger charge is -2.32. The zero-order valence-electron chi connectivity index (χ0n) is 16.9. The molecule has 0 bridgehead atoms. The van der Waals surface area contributed by atoms with Gasteiger partial charge < -0.3 is 15.0 Å². The van der Waals surface area contributed by atoms with E-state index >= 15 is 0 Å². The standard InChI is InChI=1S/C23H28N4O2/c1-2-29-22(28)18-8-10-20-21(11-9-18)26-23(25-20)24-19-12-14-27(15-13-19)16-17-6-4-3-5-7-17/h3-10,19H,2,11-16H2,1H3,(H2,24,25,26). The Balaban J connectivity index is 1.30. The maximum absolute atomic E-state index is 11.9. The van der Waals surface area contributed by atoms with Gasteiger partial charge in [-0.15, -0.1) is 0 Å². The molecule has 152 valence electrons. The van der Waals surface area contributed by atoms with Crippen LogP contribution in [0.4, 0.5) is 5.95 Å². The minimum Gasteiger partial charge on any atom is -0.462 e. The normalized spacial score (nSPS) is 17.3. The Bertz CT molecular complexity index is 893. The molecule has 6 heteroatoms. The van der Waals surface area contributed by atoms with Crippen LogP contribution < -0.4 is 5.32 Å². The van der Waals surface area contributed by atoms with Crippen LogP contribution in [0.3, 0.4) is 0 Å². The quantitative estimate of drug-likeness (QED) is 0.736. The number of esters is 1. The Morgan fingerprint density at radius 1 is 1.24 bits per heavy atom. The van der Waals surface area contributed by atoms with E-state index in [-0.39, 0.29) is 5.97 Å². The van der Waals surface area contributed by atoms with Gasteiger partial charge in [0.25, 0.3) is 0 Å². The first kappa shape index (κ1) is 19.5. The van der Waals surface area contributed by atoms with Crippen molar-refractivity contribution in [3.8, 4) is 0 Å². The molecule has 0 amide bonds. The van der Waals surface area contributed by atoms with E-state index in [9.17, 15) is 4.79 Å². The Hall–Kier alpha value is -2.86. The number of ether oxygens (including phenoxy) is 1. The Kier molecular flexibility index (Phi) is 6.10. The summed E-state index contributed by atoms with van der Waals surface area (Å²) in [6, 6.07) is 11.1. The summed E-state index contributed by atoms with van der Waals surface area (Å²) in [5, 5.41) is 3.56. The van der Waals surface area contributed by atoms with Gasteiger partial charge in [-0.05, 0) is 37.5 Å². The Morgan fingerprint density at radius 2 is 2.03 bits per heavy atom. The molecule has 1 aliphatic heterocycles. The fraction of sp³-hybridized carbons (Fsp3) is 0.391. The SMILES string of the molecule is CCOC(=O)C1=CCc2[nH]c(NC3CCN(Cc4ccccc4)CC3)nc2C=C1. The lowest BCUT2D eigenvalue weighted by molar-refractivity contribution is -0.138. The number of aromatic nitrogens is 2. The predicted octanol–water partition coefficient (Wildman–Crippen LogP) is 3.55. The average Bonchev–Trinajstić information content (AvgIpc) is 3.01. The van der Waals surface area contributed by atoms with Gasteiger partial charge in [-0.3, -0.25) is 4.90 Å². The second-order valence-corrected chi connectivity index (χ2v) is 7.55. The zero-order valence-corrected chi connectivity index (χ0v) is 16.9. The molecule has 1 saturated heterocycles. The molecule has 1 aliphatic carbocycles. The monoisotopic (exact) mass is 392 g/mol. The number of anilines is 1. The van der Waals surface area contributed by atoms with Crippen LogP contribution in [0.15, 0.2) is 48.1 Å². The fourth-order valence-corrected chi connectivity index (χ4v) is 3.87. The van der Waals surface area contributed by atoms with Gasteiger partial charge in [-0.1, -0.05) is 36.4 Å². The van der Waals surface area contributed by atoms with Crippen molar-refractivity contribution in [1.82, 2.24) is 14.9 Å². The van der Waals surface area contributed by atoms with Crippen molar-refractivity contribution in [3.05, 3.63) is 65.0 Å². The number of hydrogen-bond acceptors (Lipinski definition) is 5. The summed E-state index contributed by atoms with van der Waals surface area (Å²) in [5.74, 6) is 0.531. The first-order valence-corrected chi connectivity index (χ1v) is 10.4. The molecule has 0 atom stereocenters. The highest BCUT2D eigenvalue weighted by atomic mass is 16.5. The lowest BCUT2D eigenvalue weighted by atomic mass is 10.0. The van der Waals surface area contributed by atoms with Gasteiger partial charge in [0.15, 0.2) is 0 Å². The number of imidazole rings is 1. The topological polar surface area (TPSA) is 70.2 Å². The third-order valence-electron chi connectivity index (χ3n) is 5.45. The third-order valence-corrected chi connectivity index (χ3v) is 5.45. The van der Waals surface area contributed by atoms with Crippen LogP contribution in [0, 0.1) is 0 Å². The maximum atomic E-state index is 11.9. The summed E-state index contributed by atoms with van der Waals surface area (Å²) in [5.41, 5.74) is 3.85. The summed E-state index contributed by atoms with van der Waals surface area (Å²) < 4.78 is 5.08. The lowest BCUT2D eigenvalue weighted by Crippen LogP contribution is -2.38. The summed E-state index contributed by atoms with van der Waals surface area (Å²) in [7, 11) is 0. The van der Waals surface area contributed by atoms with Crippen LogP contribution in [0.25, 0.3) is 6.08 Å². The highest BCUT2D eigenvalue weighted by molar-refractivity contribution is 5.93. The van der Waals surface area contributed by atoms with Crippen molar-refractivity contribution in [2.24, 2.45) is 0 Å². The van der Waals surface area contributed by atoms with E-state index in [1.54, 1.807) is 6.08 Å². The van der Waals surface area contributed by atoms with E-state index in [0.717, 1.165) is 49.8 Å². The van der Waals surface area contributed by atoms with Crippen molar-refractivity contribution < 1.29 is 9.53 Å². The van der Waals surface area contributed by atoms with Gasteiger partial charge in [-0.2, -0.15) is 0 Å². The van der Waals surface area contributed by atoms with Crippen LogP contribution in [-0.4, -0.2) is 46.6 Å². The number of nitrogens with one attached hydrogen (secondary N) is 2. The molecule has 4 rings (SSSR count). The first-order chi connectivity index (χ1) is 14.2. The molecular weight excluding hydrogens is 364 g/mol. The molecule has 2 heterocycles. The van der Waals surface area contributed by atoms with Crippen molar-refractivity contribution in [2.45, 2.75) is 38.8 Å². The van der Waals surface area contributed by atoms with E-state index in [2.05, 4.69) is 50.5 Å².